The molecule has 35 heavy (non-hydrogen) atoms. The van der Waals surface area contributed by atoms with Crippen LogP contribution < -0.4 is 4.90 Å². The Bertz CT molecular complexity index is 1870. The molecule has 0 radical (unpaired) electrons. The summed E-state index contributed by atoms with van der Waals surface area (Å²) in [5.74, 6) is 0. The van der Waals surface area contributed by atoms with Crippen LogP contribution in [0.3, 0.4) is 0 Å². The summed E-state index contributed by atoms with van der Waals surface area (Å²) in [6.45, 7) is 6.16. The lowest BCUT2D eigenvalue weighted by Gasteiger charge is -2.23. The molecule has 7 aromatic carbocycles. The average Bonchev–Trinajstić information content (AvgIpc) is 3.41. The van der Waals surface area contributed by atoms with Crippen molar-refractivity contribution >= 4 is 82.9 Å². The maximum absolute atomic E-state index is 12.8. The van der Waals surface area contributed by atoms with Gasteiger partial charge < -0.3 is 4.90 Å². The van der Waals surface area contributed by atoms with Crippen molar-refractivity contribution in [3.63, 3.8) is 0 Å². The fraction of sp³-hybridized carbons (Fsp3) is 0.125. The summed E-state index contributed by atoms with van der Waals surface area (Å²) in [5, 5.41) is 12.3. The van der Waals surface area contributed by atoms with Crippen molar-refractivity contribution in [1.82, 2.24) is 0 Å². The van der Waals surface area contributed by atoms with Crippen LogP contribution in [0.15, 0.2) is 66.7 Å². The summed E-state index contributed by atoms with van der Waals surface area (Å²) in [6.07, 6.45) is 1.99. The van der Waals surface area contributed by atoms with E-state index in [4.69, 9.17) is 0 Å². The maximum atomic E-state index is 12.8. The molecule has 0 N–H and O–H groups in total. The van der Waals surface area contributed by atoms with Gasteiger partial charge in [-0.25, -0.2) is 0 Å². The van der Waals surface area contributed by atoms with Crippen LogP contribution >= 0.6 is 0 Å². The number of fused-ring (bicyclic) bond motifs is 6. The number of benzene rings is 5. The number of nitrogens with zero attached hydrogens (tertiary/aromatic N) is 1. The van der Waals surface area contributed by atoms with Crippen LogP contribution in [-0.2, 0) is 0 Å². The molecular weight excluding hydrogens is 430 g/mol. The lowest BCUT2D eigenvalue weighted by atomic mass is 9.94. The highest BCUT2D eigenvalue weighted by Crippen LogP contribution is 2.50. The van der Waals surface area contributed by atoms with Gasteiger partial charge in [-0.3, -0.25) is 9.59 Å². The Kier molecular flexibility index (Phi) is 4.11. The second-order valence-corrected chi connectivity index (χ2v) is 9.30. The first-order valence-electron chi connectivity index (χ1n) is 12.2. The summed E-state index contributed by atoms with van der Waals surface area (Å²) in [5.41, 5.74) is 2.54. The van der Waals surface area contributed by atoms with Crippen molar-refractivity contribution in [3.8, 4) is 0 Å². The first-order valence-corrected chi connectivity index (χ1v) is 12.2. The van der Waals surface area contributed by atoms with Gasteiger partial charge in [-0.1, -0.05) is 60.7 Å². The van der Waals surface area contributed by atoms with Crippen LogP contribution in [0, 0.1) is 0 Å². The van der Waals surface area contributed by atoms with Crippen molar-refractivity contribution in [1.29, 1.82) is 0 Å². The number of anilines is 1. The second kappa shape index (κ2) is 7.13. The first kappa shape index (κ1) is 20.2. The van der Waals surface area contributed by atoms with Gasteiger partial charge in [0.2, 0.25) is 0 Å². The molecule has 0 fully saturated rings. The van der Waals surface area contributed by atoms with E-state index < -0.39 is 0 Å². The molecule has 0 bridgehead atoms. The highest BCUT2D eigenvalue weighted by atomic mass is 16.1. The lowest BCUT2D eigenvalue weighted by Crippen LogP contribution is -2.21. The highest BCUT2D eigenvalue weighted by Gasteiger charge is 2.26. The smallest absolute Gasteiger partial charge is 0.151 e. The Morgan fingerprint density at radius 2 is 1.00 bits per heavy atom. The number of carbonyl (C=O) groups excluding carboxylic acids is 2. The predicted molar refractivity (Wildman–Crippen MR) is 148 cm³/mol. The number of rotatable bonds is 5. The molecule has 0 aliphatic rings. The minimum absolute atomic E-state index is 0.678. The van der Waals surface area contributed by atoms with E-state index in [-0.39, 0.29) is 0 Å². The highest BCUT2D eigenvalue weighted by molar-refractivity contribution is 6.45. The molecule has 0 saturated heterocycles. The van der Waals surface area contributed by atoms with E-state index in [1.54, 1.807) is 0 Å². The van der Waals surface area contributed by atoms with E-state index in [0.29, 0.717) is 11.1 Å². The van der Waals surface area contributed by atoms with E-state index in [9.17, 15) is 9.59 Å². The van der Waals surface area contributed by atoms with E-state index in [0.717, 1.165) is 90.3 Å². The molecule has 0 aromatic heterocycles. The zero-order valence-electron chi connectivity index (χ0n) is 19.7. The molecule has 0 spiro atoms. The fourth-order valence-corrected chi connectivity index (χ4v) is 6.55. The number of carbonyl (C=O) groups is 2. The number of hydrogen-bond donors (Lipinski definition) is 0. The summed E-state index contributed by atoms with van der Waals surface area (Å²) in [4.78, 5) is 28.0. The van der Waals surface area contributed by atoms with Crippen LogP contribution in [0.2, 0.25) is 0 Å². The molecule has 0 saturated carbocycles. The third kappa shape index (κ3) is 2.35. The molecule has 0 amide bonds. The van der Waals surface area contributed by atoms with Crippen molar-refractivity contribution in [2.45, 2.75) is 13.8 Å². The quantitative estimate of drug-likeness (QED) is 0.248. The largest absolute Gasteiger partial charge is 0.372 e. The lowest BCUT2D eigenvalue weighted by molar-refractivity contribution is 0.111. The molecule has 3 heteroatoms. The maximum Gasteiger partial charge on any atom is 0.151 e. The summed E-state index contributed by atoms with van der Waals surface area (Å²) in [6, 6.07) is 23.0. The van der Waals surface area contributed by atoms with Gasteiger partial charge in [0, 0.05) is 56.8 Å². The zero-order chi connectivity index (χ0) is 23.8. The normalized spacial score (nSPS) is 12.2. The Hall–Kier alpha value is -4.24. The third-order valence-electron chi connectivity index (χ3n) is 7.92. The Morgan fingerprint density at radius 1 is 0.543 bits per heavy atom. The average molecular weight is 454 g/mol. The van der Waals surface area contributed by atoms with Crippen molar-refractivity contribution in [2.24, 2.45) is 0 Å². The molecule has 7 rings (SSSR count). The van der Waals surface area contributed by atoms with Gasteiger partial charge in [-0.2, -0.15) is 0 Å². The molecule has 0 aliphatic carbocycles. The van der Waals surface area contributed by atoms with Crippen molar-refractivity contribution in [2.75, 3.05) is 18.0 Å². The van der Waals surface area contributed by atoms with E-state index in [1.165, 1.54) is 5.69 Å². The molecule has 7 aromatic rings. The van der Waals surface area contributed by atoms with Gasteiger partial charge in [0.25, 0.3) is 0 Å². The minimum atomic E-state index is 0.678. The first-order chi connectivity index (χ1) is 17.2. The Balaban J connectivity index is 1.82. The Morgan fingerprint density at radius 3 is 1.51 bits per heavy atom. The van der Waals surface area contributed by atoms with Crippen molar-refractivity contribution < 1.29 is 9.59 Å². The fourth-order valence-electron chi connectivity index (χ4n) is 6.55. The molecule has 3 nitrogen and oxygen atoms in total. The van der Waals surface area contributed by atoms with E-state index >= 15 is 0 Å². The van der Waals surface area contributed by atoms with Crippen LogP contribution in [0.4, 0.5) is 5.69 Å². The predicted octanol–water partition coefficient (Wildman–Crippen LogP) is 7.95. The second-order valence-electron chi connectivity index (χ2n) is 9.30. The van der Waals surface area contributed by atoms with E-state index in [2.05, 4.69) is 73.3 Å². The number of aldehydes is 2. The number of hydrogen-bond acceptors (Lipinski definition) is 3. The van der Waals surface area contributed by atoms with Gasteiger partial charge >= 0.3 is 0 Å². The minimum Gasteiger partial charge on any atom is -0.372 e. The van der Waals surface area contributed by atoms with Gasteiger partial charge in [0.1, 0.15) is 0 Å². The molecule has 168 valence electrons. The monoisotopic (exact) mass is 453 g/mol. The zero-order valence-corrected chi connectivity index (χ0v) is 19.7. The summed E-state index contributed by atoms with van der Waals surface area (Å²) < 4.78 is 0. The summed E-state index contributed by atoms with van der Waals surface area (Å²) in [7, 11) is 0. The topological polar surface area (TPSA) is 37.4 Å². The molecular formula is C32H23NO2. The SMILES string of the molecule is CCN(CC)c1ccc2c3c(C=O)c4c5cccc6cccc(c4c(C=O)c3c3cccc1c32)c65. The van der Waals surface area contributed by atoms with Gasteiger partial charge in [-0.05, 0) is 57.6 Å². The van der Waals surface area contributed by atoms with Crippen LogP contribution in [-0.4, -0.2) is 25.7 Å². The van der Waals surface area contributed by atoms with E-state index in [1.807, 2.05) is 12.1 Å². The van der Waals surface area contributed by atoms with Crippen LogP contribution in [0.25, 0.3) is 64.6 Å². The third-order valence-corrected chi connectivity index (χ3v) is 7.92. The molecule has 0 atom stereocenters. The molecule has 0 aliphatic heterocycles. The van der Waals surface area contributed by atoms with Crippen LogP contribution in [0.5, 0.6) is 0 Å². The summed E-state index contributed by atoms with van der Waals surface area (Å²) >= 11 is 0. The molecule has 0 heterocycles. The van der Waals surface area contributed by atoms with Crippen LogP contribution in [0.1, 0.15) is 34.6 Å². The Labute approximate surface area is 202 Å². The van der Waals surface area contributed by atoms with Crippen molar-refractivity contribution in [3.05, 3.63) is 77.9 Å². The van der Waals surface area contributed by atoms with Gasteiger partial charge in [-0.15, -0.1) is 0 Å². The standard InChI is InChI=1S/C32H23NO2/c1-3-33(4-2)26-15-14-23-28-19(26)10-7-13-22(28)31-24(16-34)29-20-11-5-8-18-9-6-12-21(27(18)20)30(29)25(17-35)32(23)31/h5-17H,3-4H2,1-2H3. The van der Waals surface area contributed by atoms with Gasteiger partial charge in [0.15, 0.2) is 12.6 Å². The molecule has 0 unspecified atom stereocenters. The van der Waals surface area contributed by atoms with Gasteiger partial charge in [0.05, 0.1) is 0 Å².